The molecule has 3 aromatic rings. The number of anilines is 2. The Labute approximate surface area is 129 Å². The van der Waals surface area contributed by atoms with Crippen molar-refractivity contribution in [3.05, 3.63) is 58.4 Å². The summed E-state index contributed by atoms with van der Waals surface area (Å²) in [4.78, 5) is 11.9. The van der Waals surface area contributed by atoms with Gasteiger partial charge in [0.25, 0.3) is 0 Å². The van der Waals surface area contributed by atoms with Gasteiger partial charge in [0.2, 0.25) is 0 Å². The number of hydrogen-bond donors (Lipinski definition) is 2. The van der Waals surface area contributed by atoms with E-state index in [0.717, 1.165) is 16.8 Å². The third-order valence-corrected chi connectivity index (χ3v) is 3.65. The largest absolute Gasteiger partial charge is 0.315 e. The molecule has 1 aromatic carbocycles. The summed E-state index contributed by atoms with van der Waals surface area (Å²) in [5.41, 5.74) is 8.52. The number of hydrogen-bond acceptors (Lipinski definition) is 6. The summed E-state index contributed by atoms with van der Waals surface area (Å²) in [5.74, 6) is 0.358. The fourth-order valence-corrected chi connectivity index (χ4v) is 2.63. The Morgan fingerprint density at radius 1 is 1.13 bits per heavy atom. The molecule has 0 saturated carbocycles. The fourth-order valence-electron chi connectivity index (χ4n) is 2.63. The van der Waals surface area contributed by atoms with Gasteiger partial charge in [0.1, 0.15) is 11.5 Å². The molecule has 0 unspecified atom stereocenters. The van der Waals surface area contributed by atoms with E-state index in [4.69, 9.17) is 0 Å². The van der Waals surface area contributed by atoms with E-state index in [9.17, 15) is 9.18 Å². The monoisotopic (exact) mass is 310 g/mol. The number of nitrogens with one attached hydrogen (secondary N) is 2. The number of nitrogens with zero attached hydrogens (tertiary/aromatic N) is 4. The molecule has 0 bridgehead atoms. The van der Waals surface area contributed by atoms with E-state index < -0.39 is 5.56 Å². The summed E-state index contributed by atoms with van der Waals surface area (Å²) in [6.45, 7) is 1.85. The van der Waals surface area contributed by atoms with Gasteiger partial charge in [-0.1, -0.05) is 12.1 Å². The van der Waals surface area contributed by atoms with Crippen molar-refractivity contribution >= 4 is 11.5 Å². The molecule has 114 valence electrons. The third kappa shape index (κ3) is 2.03. The van der Waals surface area contributed by atoms with E-state index in [0.29, 0.717) is 11.5 Å². The Morgan fingerprint density at radius 2 is 1.91 bits per heavy atom. The number of hydrazine groups is 1. The summed E-state index contributed by atoms with van der Waals surface area (Å²) >= 11 is 0. The van der Waals surface area contributed by atoms with Crippen LogP contribution in [0.4, 0.5) is 15.9 Å². The van der Waals surface area contributed by atoms with E-state index in [-0.39, 0.29) is 11.5 Å². The van der Waals surface area contributed by atoms with Crippen LogP contribution < -0.4 is 16.4 Å². The van der Waals surface area contributed by atoms with E-state index in [1.54, 1.807) is 22.9 Å². The van der Waals surface area contributed by atoms with Gasteiger partial charge < -0.3 is 0 Å². The predicted octanol–water partition coefficient (Wildman–Crippen LogP) is 1.89. The van der Waals surface area contributed by atoms with Gasteiger partial charge in [-0.2, -0.15) is 10.2 Å². The molecular weight excluding hydrogens is 299 g/mol. The molecule has 0 atom stereocenters. The molecule has 0 saturated heterocycles. The Kier molecular flexibility index (Phi) is 2.83. The van der Waals surface area contributed by atoms with Gasteiger partial charge in [0.05, 0.1) is 17.6 Å². The second-order valence-electron chi connectivity index (χ2n) is 5.07. The number of fused-ring (bicyclic) bond motifs is 3. The zero-order valence-corrected chi connectivity index (χ0v) is 12.0. The fraction of sp³-hybridized carbons (Fsp3) is 0.0667. The minimum Gasteiger partial charge on any atom is -0.292 e. The summed E-state index contributed by atoms with van der Waals surface area (Å²) in [6.07, 6.45) is 1.44. The Bertz CT molecular complexity index is 967. The van der Waals surface area contributed by atoms with Crippen molar-refractivity contribution in [1.29, 1.82) is 0 Å². The van der Waals surface area contributed by atoms with E-state index in [2.05, 4.69) is 26.1 Å². The van der Waals surface area contributed by atoms with Gasteiger partial charge in [-0.05, 0) is 30.7 Å². The average Bonchev–Trinajstić information content (AvgIpc) is 2.76. The van der Waals surface area contributed by atoms with Gasteiger partial charge in [-0.15, -0.1) is 5.10 Å². The van der Waals surface area contributed by atoms with Crippen LogP contribution in [0.15, 0.2) is 41.3 Å². The standard InChI is InChI=1S/C15H11FN6O/c1-8-12(9-2-4-10(16)5-3-9)14-19-18-13-11(22(14)21-8)6-7-17-20-15(13)23/h2-7,18-19H,1H3. The lowest BCUT2D eigenvalue weighted by atomic mass is 10.1. The van der Waals surface area contributed by atoms with Crippen molar-refractivity contribution in [3.63, 3.8) is 0 Å². The molecule has 4 rings (SSSR count). The normalized spacial score (nSPS) is 11.9. The summed E-state index contributed by atoms with van der Waals surface area (Å²) in [5, 5.41) is 11.7. The van der Waals surface area contributed by atoms with Gasteiger partial charge in [0, 0.05) is 5.56 Å². The second-order valence-corrected chi connectivity index (χ2v) is 5.07. The second kappa shape index (κ2) is 4.87. The molecule has 7 nitrogen and oxygen atoms in total. The number of halogens is 1. The predicted molar refractivity (Wildman–Crippen MR) is 82.8 cm³/mol. The molecule has 2 N–H and O–H groups in total. The molecule has 8 heteroatoms. The number of benzene rings is 1. The summed E-state index contributed by atoms with van der Waals surface area (Å²) in [7, 11) is 0. The van der Waals surface area contributed by atoms with Gasteiger partial charge in [-0.3, -0.25) is 15.6 Å². The van der Waals surface area contributed by atoms with E-state index in [1.165, 1.54) is 18.3 Å². The van der Waals surface area contributed by atoms with Crippen molar-refractivity contribution < 1.29 is 4.39 Å². The zero-order chi connectivity index (χ0) is 16.0. The van der Waals surface area contributed by atoms with Crippen LogP contribution in [0.5, 0.6) is 0 Å². The highest BCUT2D eigenvalue weighted by Crippen LogP contribution is 2.36. The molecule has 0 amide bonds. The van der Waals surface area contributed by atoms with Crippen LogP contribution in [0.25, 0.3) is 16.8 Å². The topological polar surface area (TPSA) is 84.7 Å². The lowest BCUT2D eigenvalue weighted by molar-refractivity contribution is 0.628. The molecule has 0 aliphatic carbocycles. The van der Waals surface area contributed by atoms with Crippen molar-refractivity contribution in [1.82, 2.24) is 20.0 Å². The minimum absolute atomic E-state index is 0.267. The number of rotatable bonds is 1. The van der Waals surface area contributed by atoms with Crippen molar-refractivity contribution in [3.8, 4) is 16.8 Å². The van der Waals surface area contributed by atoms with Crippen molar-refractivity contribution in [2.24, 2.45) is 0 Å². The molecule has 1 aliphatic heterocycles. The highest BCUT2D eigenvalue weighted by atomic mass is 19.1. The first-order valence-electron chi connectivity index (χ1n) is 6.89. The first-order chi connectivity index (χ1) is 11.1. The smallest absolute Gasteiger partial charge is 0.292 e. The molecule has 0 spiro atoms. The molecule has 23 heavy (non-hydrogen) atoms. The molecule has 2 aromatic heterocycles. The Balaban J connectivity index is 1.97. The van der Waals surface area contributed by atoms with Crippen molar-refractivity contribution in [2.45, 2.75) is 6.92 Å². The first kappa shape index (κ1) is 13.4. The maximum absolute atomic E-state index is 13.2. The maximum atomic E-state index is 13.2. The third-order valence-electron chi connectivity index (χ3n) is 3.65. The van der Waals surface area contributed by atoms with Gasteiger partial charge in [-0.25, -0.2) is 9.07 Å². The Hall–Kier alpha value is -3.29. The highest BCUT2D eigenvalue weighted by molar-refractivity contribution is 5.83. The molecular formula is C15H11FN6O. The lowest BCUT2D eigenvalue weighted by Gasteiger charge is -2.19. The Morgan fingerprint density at radius 3 is 2.70 bits per heavy atom. The van der Waals surface area contributed by atoms with Crippen LogP contribution in [-0.4, -0.2) is 20.0 Å². The molecule has 1 aliphatic rings. The van der Waals surface area contributed by atoms with Crippen molar-refractivity contribution in [2.75, 3.05) is 10.9 Å². The lowest BCUT2D eigenvalue weighted by Crippen LogP contribution is -2.25. The summed E-state index contributed by atoms with van der Waals surface area (Å²) < 4.78 is 14.8. The summed E-state index contributed by atoms with van der Waals surface area (Å²) in [6, 6.07) is 7.82. The molecule has 0 fully saturated rings. The van der Waals surface area contributed by atoms with E-state index >= 15 is 0 Å². The van der Waals surface area contributed by atoms with Crippen LogP contribution in [0.1, 0.15) is 5.69 Å². The first-order valence-corrected chi connectivity index (χ1v) is 6.89. The van der Waals surface area contributed by atoms with Gasteiger partial charge in [0.15, 0.2) is 5.82 Å². The molecule has 3 heterocycles. The minimum atomic E-state index is -0.486. The highest BCUT2D eigenvalue weighted by Gasteiger charge is 2.24. The van der Waals surface area contributed by atoms with Crippen LogP contribution >= 0.6 is 0 Å². The molecule has 0 radical (unpaired) electrons. The van der Waals surface area contributed by atoms with E-state index in [1.807, 2.05) is 6.92 Å². The van der Waals surface area contributed by atoms with Crippen LogP contribution in [0.3, 0.4) is 0 Å². The van der Waals surface area contributed by atoms with Crippen LogP contribution in [0, 0.1) is 12.7 Å². The SMILES string of the molecule is Cc1nn2c(c1-c1ccc(F)cc1)NNc1c-2ccnnc1=O. The number of aromatic nitrogens is 4. The number of aryl methyl sites for hydroxylation is 1. The van der Waals surface area contributed by atoms with Crippen LogP contribution in [-0.2, 0) is 0 Å². The van der Waals surface area contributed by atoms with Gasteiger partial charge >= 0.3 is 5.56 Å². The van der Waals surface area contributed by atoms with Crippen LogP contribution in [0.2, 0.25) is 0 Å². The quantitative estimate of drug-likeness (QED) is 0.714. The maximum Gasteiger partial charge on any atom is 0.315 e. The zero-order valence-electron chi connectivity index (χ0n) is 12.0. The average molecular weight is 310 g/mol.